The van der Waals surface area contributed by atoms with Crippen LogP contribution >= 0.6 is 0 Å². The van der Waals surface area contributed by atoms with Crippen molar-refractivity contribution in [3.8, 4) is 28.7 Å². The summed E-state index contributed by atoms with van der Waals surface area (Å²) in [5, 5.41) is 4.64. The van der Waals surface area contributed by atoms with Crippen LogP contribution in [0.2, 0.25) is 0 Å². The topological polar surface area (TPSA) is 115 Å². The third-order valence-electron chi connectivity index (χ3n) is 6.60. The molecule has 10 nitrogen and oxygen atoms in total. The molecule has 0 aliphatic rings. The second-order valence-electron chi connectivity index (χ2n) is 9.07. The number of methoxy groups -OCH3 is 4. The van der Waals surface area contributed by atoms with Gasteiger partial charge in [-0.3, -0.25) is 4.79 Å². The lowest BCUT2D eigenvalue weighted by Crippen LogP contribution is -2.15. The van der Waals surface area contributed by atoms with E-state index in [2.05, 4.69) is 5.10 Å². The highest BCUT2D eigenvalue weighted by molar-refractivity contribution is 7.90. The van der Waals surface area contributed by atoms with Gasteiger partial charge in [-0.25, -0.2) is 0 Å². The summed E-state index contributed by atoms with van der Waals surface area (Å²) in [5.74, 6) is 1.22. The Labute approximate surface area is 243 Å². The van der Waals surface area contributed by atoms with Gasteiger partial charge in [0.05, 0.1) is 38.9 Å². The smallest absolute Gasteiger partial charge is 0.283 e. The SMILES string of the molecule is COc1ccc2c(C(=O)c3cc(OC)c(OC)c(OC)c3)nn(S(=O)(=O)c3ccc(OCc4ccccc4)cc3)c2c1. The molecule has 0 saturated heterocycles. The maximum Gasteiger partial charge on any atom is 0.283 e. The third-order valence-corrected chi connectivity index (χ3v) is 8.20. The van der Waals surface area contributed by atoms with Crippen molar-refractivity contribution in [1.29, 1.82) is 0 Å². The zero-order valence-electron chi connectivity index (χ0n) is 23.4. The third kappa shape index (κ3) is 5.34. The molecule has 0 fully saturated rings. The van der Waals surface area contributed by atoms with Crippen LogP contribution in [-0.4, -0.2) is 51.8 Å². The lowest BCUT2D eigenvalue weighted by atomic mass is 10.0. The minimum Gasteiger partial charge on any atom is -0.497 e. The molecule has 0 aliphatic heterocycles. The van der Waals surface area contributed by atoms with Gasteiger partial charge in [-0.05, 0) is 54.1 Å². The lowest BCUT2D eigenvalue weighted by Gasteiger charge is -2.13. The second kappa shape index (κ2) is 11.8. The predicted molar refractivity (Wildman–Crippen MR) is 156 cm³/mol. The molecular weight excluding hydrogens is 560 g/mol. The summed E-state index contributed by atoms with van der Waals surface area (Å²) in [4.78, 5) is 13.8. The van der Waals surface area contributed by atoms with Crippen molar-refractivity contribution < 1.29 is 36.9 Å². The van der Waals surface area contributed by atoms with E-state index in [9.17, 15) is 13.2 Å². The lowest BCUT2D eigenvalue weighted by molar-refractivity contribution is 0.103. The molecule has 0 saturated carbocycles. The fourth-order valence-electron chi connectivity index (χ4n) is 4.44. The Morgan fingerprint density at radius 1 is 0.762 bits per heavy atom. The fourth-order valence-corrected chi connectivity index (χ4v) is 5.72. The standard InChI is InChI=1S/C31H28N2O8S/c1-37-23-12-15-25-26(18-23)33(32-29(25)30(34)21-16-27(38-2)31(40-4)28(17-21)39-3)42(35,36)24-13-10-22(11-14-24)41-19-20-8-6-5-7-9-20/h5-18H,19H2,1-4H3. The summed E-state index contributed by atoms with van der Waals surface area (Å²) < 4.78 is 55.8. The zero-order valence-corrected chi connectivity index (χ0v) is 24.2. The maximum absolute atomic E-state index is 13.8. The van der Waals surface area contributed by atoms with E-state index in [0.29, 0.717) is 29.2 Å². The number of ketones is 1. The number of benzene rings is 4. The molecule has 0 atom stereocenters. The summed E-state index contributed by atoms with van der Waals surface area (Å²) in [6.45, 7) is 0.336. The monoisotopic (exact) mass is 588 g/mol. The Bertz CT molecular complexity index is 1820. The van der Waals surface area contributed by atoms with Crippen LogP contribution in [0.3, 0.4) is 0 Å². The highest BCUT2D eigenvalue weighted by Gasteiger charge is 2.28. The highest BCUT2D eigenvalue weighted by Crippen LogP contribution is 2.39. The maximum atomic E-state index is 13.8. The molecule has 42 heavy (non-hydrogen) atoms. The van der Waals surface area contributed by atoms with Crippen LogP contribution in [0.25, 0.3) is 10.9 Å². The number of hydrogen-bond donors (Lipinski definition) is 0. The van der Waals surface area contributed by atoms with E-state index in [-0.39, 0.29) is 33.2 Å². The largest absolute Gasteiger partial charge is 0.497 e. The van der Waals surface area contributed by atoms with Crippen molar-refractivity contribution >= 4 is 26.7 Å². The minimum absolute atomic E-state index is 0.0337. The molecule has 0 aliphatic carbocycles. The van der Waals surface area contributed by atoms with Gasteiger partial charge >= 0.3 is 0 Å². The summed E-state index contributed by atoms with van der Waals surface area (Å²) in [5.41, 5.74) is 1.25. The number of nitrogens with zero attached hydrogens (tertiary/aromatic N) is 2. The molecule has 0 unspecified atom stereocenters. The van der Waals surface area contributed by atoms with Gasteiger partial charge in [-0.2, -0.15) is 17.6 Å². The van der Waals surface area contributed by atoms with Crippen LogP contribution in [0.15, 0.2) is 89.8 Å². The summed E-state index contributed by atoms with van der Waals surface area (Å²) in [6.07, 6.45) is 0. The molecule has 4 aromatic carbocycles. The molecule has 11 heteroatoms. The van der Waals surface area contributed by atoms with Gasteiger partial charge < -0.3 is 23.7 Å². The van der Waals surface area contributed by atoms with E-state index in [1.54, 1.807) is 24.3 Å². The number of carbonyl (C=O) groups excluding carboxylic acids is 1. The van der Waals surface area contributed by atoms with Crippen LogP contribution in [0.1, 0.15) is 21.6 Å². The van der Waals surface area contributed by atoms with Crippen LogP contribution in [0, 0.1) is 0 Å². The number of ether oxygens (including phenoxy) is 5. The van der Waals surface area contributed by atoms with Crippen LogP contribution < -0.4 is 23.7 Å². The van der Waals surface area contributed by atoms with Crippen LogP contribution in [-0.2, 0) is 16.6 Å². The van der Waals surface area contributed by atoms with E-state index in [1.165, 1.54) is 58.8 Å². The van der Waals surface area contributed by atoms with Crippen molar-refractivity contribution in [2.45, 2.75) is 11.5 Å². The van der Waals surface area contributed by atoms with Crippen molar-refractivity contribution in [3.63, 3.8) is 0 Å². The molecule has 0 spiro atoms. The second-order valence-corrected chi connectivity index (χ2v) is 10.8. The Morgan fingerprint density at radius 2 is 1.40 bits per heavy atom. The van der Waals surface area contributed by atoms with Crippen molar-refractivity contribution in [3.05, 3.63) is 102 Å². The quantitative estimate of drug-likeness (QED) is 0.194. The molecule has 216 valence electrons. The van der Waals surface area contributed by atoms with Gasteiger partial charge in [0, 0.05) is 17.0 Å². The van der Waals surface area contributed by atoms with Gasteiger partial charge in [-0.1, -0.05) is 30.3 Å². The Kier molecular flexibility index (Phi) is 8.03. The number of fused-ring (bicyclic) bond motifs is 1. The number of hydrogen-bond acceptors (Lipinski definition) is 9. The molecule has 0 radical (unpaired) electrons. The molecular formula is C31H28N2O8S. The van der Waals surface area contributed by atoms with E-state index in [1.807, 2.05) is 30.3 Å². The first-order valence-electron chi connectivity index (χ1n) is 12.7. The number of carbonyl (C=O) groups is 1. The Balaban J connectivity index is 1.55. The van der Waals surface area contributed by atoms with Crippen molar-refractivity contribution in [2.24, 2.45) is 0 Å². The van der Waals surface area contributed by atoms with Crippen molar-refractivity contribution in [2.75, 3.05) is 28.4 Å². The minimum atomic E-state index is -4.23. The first-order valence-corrected chi connectivity index (χ1v) is 14.2. The average Bonchev–Trinajstić information content (AvgIpc) is 3.43. The predicted octanol–water partition coefficient (Wildman–Crippen LogP) is 5.12. The number of aromatic nitrogens is 2. The van der Waals surface area contributed by atoms with Gasteiger partial charge in [0.15, 0.2) is 11.5 Å². The molecule has 0 bridgehead atoms. The highest BCUT2D eigenvalue weighted by atomic mass is 32.2. The first kappa shape index (κ1) is 28.5. The normalized spacial score (nSPS) is 11.2. The summed E-state index contributed by atoms with van der Waals surface area (Å²) in [6, 6.07) is 23.4. The van der Waals surface area contributed by atoms with E-state index in [4.69, 9.17) is 23.7 Å². The first-order chi connectivity index (χ1) is 20.3. The van der Waals surface area contributed by atoms with E-state index >= 15 is 0 Å². The molecule has 0 N–H and O–H groups in total. The molecule has 1 aromatic heterocycles. The fraction of sp³-hybridized carbons (Fsp3) is 0.161. The zero-order chi connectivity index (χ0) is 29.9. The number of rotatable bonds is 11. The van der Waals surface area contributed by atoms with Gasteiger partial charge in [0.25, 0.3) is 10.0 Å². The van der Waals surface area contributed by atoms with Gasteiger partial charge in [-0.15, -0.1) is 0 Å². The van der Waals surface area contributed by atoms with Gasteiger partial charge in [0.2, 0.25) is 11.5 Å². The molecule has 5 aromatic rings. The van der Waals surface area contributed by atoms with Crippen molar-refractivity contribution in [1.82, 2.24) is 9.19 Å². The molecule has 1 heterocycles. The molecule has 0 amide bonds. The Hall–Kier alpha value is -5.03. The Morgan fingerprint density at radius 3 is 2.00 bits per heavy atom. The van der Waals surface area contributed by atoms with E-state index in [0.717, 1.165) is 9.65 Å². The molecule has 5 rings (SSSR count). The van der Waals surface area contributed by atoms with E-state index < -0.39 is 15.8 Å². The van der Waals surface area contributed by atoms with Gasteiger partial charge in [0.1, 0.15) is 23.8 Å². The average molecular weight is 589 g/mol. The van der Waals surface area contributed by atoms with Crippen LogP contribution in [0.4, 0.5) is 0 Å². The summed E-state index contributed by atoms with van der Waals surface area (Å²) >= 11 is 0. The summed E-state index contributed by atoms with van der Waals surface area (Å²) in [7, 11) is 1.56. The van der Waals surface area contributed by atoms with Crippen LogP contribution in [0.5, 0.6) is 28.7 Å².